The van der Waals surface area contributed by atoms with E-state index in [1.807, 2.05) is 37.3 Å². The average molecular weight is 480 g/mol. The lowest BCUT2D eigenvalue weighted by Crippen LogP contribution is -2.07. The molecule has 26 heavy (non-hydrogen) atoms. The van der Waals surface area contributed by atoms with Crippen LogP contribution in [0, 0.1) is 0 Å². The zero-order valence-corrected chi connectivity index (χ0v) is 17.2. The van der Waals surface area contributed by atoms with Crippen LogP contribution in [-0.4, -0.2) is 15.6 Å². The fraction of sp³-hybridized carbons (Fsp3) is 0.158. The van der Waals surface area contributed by atoms with Gasteiger partial charge in [0.1, 0.15) is 29.6 Å². The molecule has 5 nitrogen and oxygen atoms in total. The molecule has 3 aromatic rings. The Labute approximate surface area is 167 Å². The molecule has 0 N–H and O–H groups in total. The maximum Gasteiger partial charge on any atom is 0.205 e. The van der Waals surface area contributed by atoms with Crippen LogP contribution >= 0.6 is 31.9 Å². The van der Waals surface area contributed by atoms with E-state index in [9.17, 15) is 4.79 Å². The maximum atomic E-state index is 12.4. The quantitative estimate of drug-likeness (QED) is 0.331. The van der Waals surface area contributed by atoms with Gasteiger partial charge in [0.25, 0.3) is 0 Å². The number of carbonyl (C=O) groups excluding carboxylic acids is 1. The van der Waals surface area contributed by atoms with Crippen molar-refractivity contribution in [2.75, 3.05) is 0 Å². The van der Waals surface area contributed by atoms with E-state index in [0.717, 1.165) is 10.2 Å². The predicted molar refractivity (Wildman–Crippen MR) is 106 cm³/mol. The van der Waals surface area contributed by atoms with Crippen molar-refractivity contribution >= 4 is 43.7 Å². The summed E-state index contributed by atoms with van der Waals surface area (Å²) in [5.74, 6) is 1.88. The average Bonchev–Trinajstić information content (AvgIpc) is 3.24. The summed E-state index contributed by atoms with van der Waals surface area (Å²) in [6.45, 7) is 2.87. The summed E-state index contributed by atoms with van der Waals surface area (Å²) < 4.78 is 14.6. The highest BCUT2D eigenvalue weighted by Gasteiger charge is 2.14. The van der Waals surface area contributed by atoms with Crippen LogP contribution in [0.1, 0.15) is 28.9 Å². The number of furan rings is 1. The lowest BCUT2D eigenvalue weighted by Gasteiger charge is -2.04. The van der Waals surface area contributed by atoms with Crippen LogP contribution in [0.5, 0.6) is 5.75 Å². The second kappa shape index (κ2) is 8.51. The Balaban J connectivity index is 1.63. The van der Waals surface area contributed by atoms with Crippen molar-refractivity contribution in [2.45, 2.75) is 20.1 Å². The molecule has 134 valence electrons. The van der Waals surface area contributed by atoms with Crippen LogP contribution in [0.2, 0.25) is 0 Å². The van der Waals surface area contributed by atoms with Gasteiger partial charge in [-0.2, -0.15) is 5.10 Å². The van der Waals surface area contributed by atoms with Crippen LogP contribution in [0.4, 0.5) is 0 Å². The number of hydrogen-bond acceptors (Lipinski definition) is 4. The first-order valence-corrected chi connectivity index (χ1v) is 9.56. The van der Waals surface area contributed by atoms with E-state index in [1.165, 1.54) is 6.08 Å². The van der Waals surface area contributed by atoms with Crippen molar-refractivity contribution in [3.05, 3.63) is 74.8 Å². The Hall–Kier alpha value is -2.12. The molecule has 2 aromatic heterocycles. The van der Waals surface area contributed by atoms with Crippen LogP contribution in [0.3, 0.4) is 0 Å². The van der Waals surface area contributed by atoms with Gasteiger partial charge < -0.3 is 9.15 Å². The minimum Gasteiger partial charge on any atom is -0.486 e. The summed E-state index contributed by atoms with van der Waals surface area (Å²) in [7, 11) is 0. The molecular formula is C19H16Br2N2O3. The van der Waals surface area contributed by atoms with E-state index in [4.69, 9.17) is 9.15 Å². The Morgan fingerprint density at radius 2 is 2.15 bits per heavy atom. The summed E-state index contributed by atoms with van der Waals surface area (Å²) >= 11 is 6.76. The van der Waals surface area contributed by atoms with Gasteiger partial charge in [-0.15, -0.1) is 0 Å². The van der Waals surface area contributed by atoms with Crippen molar-refractivity contribution in [1.82, 2.24) is 9.78 Å². The predicted octanol–water partition coefficient (Wildman–Crippen LogP) is 5.50. The lowest BCUT2D eigenvalue weighted by molar-refractivity contribution is 0.103. The Kier molecular flexibility index (Phi) is 6.11. The van der Waals surface area contributed by atoms with Gasteiger partial charge in [-0.05, 0) is 65.3 Å². The van der Waals surface area contributed by atoms with Gasteiger partial charge in [-0.1, -0.05) is 22.0 Å². The maximum absolute atomic E-state index is 12.4. The van der Waals surface area contributed by atoms with Crippen molar-refractivity contribution in [2.24, 2.45) is 0 Å². The summed E-state index contributed by atoms with van der Waals surface area (Å²) in [4.78, 5) is 12.4. The number of hydrogen-bond donors (Lipinski definition) is 0. The van der Waals surface area contributed by atoms with Gasteiger partial charge in [0.2, 0.25) is 5.78 Å². The SMILES string of the molecule is CCn1ncc(Br)c1C(=O)/C=C/c1ccc(COc2cccc(Br)c2)o1. The molecule has 0 atom stereocenters. The van der Waals surface area contributed by atoms with Gasteiger partial charge in [-0.25, -0.2) is 0 Å². The number of aryl methyl sites for hydroxylation is 1. The fourth-order valence-electron chi connectivity index (χ4n) is 2.36. The molecule has 2 heterocycles. The Morgan fingerprint density at radius 3 is 2.92 bits per heavy atom. The number of benzene rings is 1. The highest BCUT2D eigenvalue weighted by atomic mass is 79.9. The summed E-state index contributed by atoms with van der Waals surface area (Å²) in [6.07, 6.45) is 4.74. The number of ketones is 1. The molecule has 0 aliphatic rings. The molecule has 0 fully saturated rings. The van der Waals surface area contributed by atoms with Crippen LogP contribution in [0.25, 0.3) is 6.08 Å². The minimum absolute atomic E-state index is 0.139. The standard InChI is InChI=1S/C19H16Br2N2O3/c1-2-23-19(17(21)11-22-23)18(24)9-8-14-6-7-16(26-14)12-25-15-5-3-4-13(20)10-15/h3-11H,2,12H2,1H3/b9-8+. The summed E-state index contributed by atoms with van der Waals surface area (Å²) in [5, 5.41) is 4.15. The number of ether oxygens (including phenoxy) is 1. The molecule has 0 aliphatic heterocycles. The monoisotopic (exact) mass is 478 g/mol. The van der Waals surface area contributed by atoms with Crippen molar-refractivity contribution < 1.29 is 13.9 Å². The lowest BCUT2D eigenvalue weighted by atomic mass is 10.2. The highest BCUT2D eigenvalue weighted by molar-refractivity contribution is 9.10. The van der Waals surface area contributed by atoms with Gasteiger partial charge >= 0.3 is 0 Å². The third-order valence-electron chi connectivity index (χ3n) is 3.59. The molecule has 0 bridgehead atoms. The zero-order valence-electron chi connectivity index (χ0n) is 14.0. The van der Waals surface area contributed by atoms with Gasteiger partial charge in [0.15, 0.2) is 0 Å². The number of carbonyl (C=O) groups is 1. The van der Waals surface area contributed by atoms with Crippen LogP contribution < -0.4 is 4.74 Å². The normalized spacial score (nSPS) is 11.2. The van der Waals surface area contributed by atoms with Crippen molar-refractivity contribution in [3.63, 3.8) is 0 Å². The first-order valence-electron chi connectivity index (χ1n) is 7.97. The number of allylic oxidation sites excluding steroid dienone is 1. The van der Waals surface area contributed by atoms with Gasteiger partial charge in [0, 0.05) is 11.0 Å². The highest BCUT2D eigenvalue weighted by Crippen LogP contribution is 2.20. The minimum atomic E-state index is -0.139. The molecule has 0 aliphatic carbocycles. The summed E-state index contributed by atoms with van der Waals surface area (Å²) in [5.41, 5.74) is 0.522. The van der Waals surface area contributed by atoms with E-state index in [2.05, 4.69) is 37.0 Å². The summed E-state index contributed by atoms with van der Waals surface area (Å²) in [6, 6.07) is 11.2. The van der Waals surface area contributed by atoms with Crippen LogP contribution in [-0.2, 0) is 13.2 Å². The van der Waals surface area contributed by atoms with Gasteiger partial charge in [-0.3, -0.25) is 9.48 Å². The molecule has 7 heteroatoms. The molecular weight excluding hydrogens is 464 g/mol. The van der Waals surface area contributed by atoms with E-state index >= 15 is 0 Å². The van der Waals surface area contributed by atoms with Crippen LogP contribution in [0.15, 0.2) is 62.0 Å². The van der Waals surface area contributed by atoms with E-state index < -0.39 is 0 Å². The second-order valence-corrected chi connectivity index (χ2v) is 7.17. The second-order valence-electron chi connectivity index (χ2n) is 5.40. The first kappa shape index (κ1) is 18.7. The molecule has 0 spiro atoms. The van der Waals surface area contributed by atoms with Gasteiger partial charge in [0.05, 0.1) is 10.7 Å². The van der Waals surface area contributed by atoms with E-state index in [1.54, 1.807) is 23.0 Å². The number of aromatic nitrogens is 2. The van der Waals surface area contributed by atoms with Crippen molar-refractivity contribution in [1.29, 1.82) is 0 Å². The number of rotatable bonds is 7. The number of halogens is 2. The molecule has 0 unspecified atom stereocenters. The Bertz CT molecular complexity index is 944. The third kappa shape index (κ3) is 4.53. The largest absolute Gasteiger partial charge is 0.486 e. The molecule has 0 radical (unpaired) electrons. The molecule has 0 amide bonds. The van der Waals surface area contributed by atoms with Crippen molar-refractivity contribution in [3.8, 4) is 5.75 Å². The fourth-order valence-corrected chi connectivity index (χ4v) is 3.23. The third-order valence-corrected chi connectivity index (χ3v) is 4.66. The molecule has 0 saturated heterocycles. The Morgan fingerprint density at radius 1 is 1.31 bits per heavy atom. The molecule has 0 saturated carbocycles. The topological polar surface area (TPSA) is 57.3 Å². The smallest absolute Gasteiger partial charge is 0.205 e. The zero-order chi connectivity index (χ0) is 18.5. The van der Waals surface area contributed by atoms with E-state index in [0.29, 0.717) is 34.8 Å². The molecule has 1 aromatic carbocycles. The first-order chi connectivity index (χ1) is 12.6. The molecule has 3 rings (SSSR count). The number of nitrogens with zero attached hydrogens (tertiary/aromatic N) is 2. The van der Waals surface area contributed by atoms with E-state index in [-0.39, 0.29) is 5.78 Å².